The van der Waals surface area contributed by atoms with E-state index >= 15 is 0 Å². The third-order valence-corrected chi connectivity index (χ3v) is 7.21. The van der Waals surface area contributed by atoms with Crippen LogP contribution in [0.2, 0.25) is 0 Å². The Morgan fingerprint density at radius 3 is 2.91 bits per heavy atom. The number of carbonyl (C=O) groups excluding carboxylic acids is 1. The summed E-state index contributed by atoms with van der Waals surface area (Å²) in [6, 6.07) is 3.72. The first kappa shape index (κ1) is 24.4. The molecule has 3 heterocycles. The fourth-order valence-electron chi connectivity index (χ4n) is 3.12. The van der Waals surface area contributed by atoms with Crippen LogP contribution in [0.3, 0.4) is 0 Å². The third-order valence-electron chi connectivity index (χ3n) is 5.03. The van der Waals surface area contributed by atoms with Gasteiger partial charge in [-0.25, -0.2) is 9.97 Å². The number of nitrogens with one attached hydrogen (secondary N) is 2. The Balaban J connectivity index is 1.47. The zero-order valence-electron chi connectivity index (χ0n) is 19.5. The highest BCUT2D eigenvalue weighted by Crippen LogP contribution is 2.34. The van der Waals surface area contributed by atoms with E-state index < -0.39 is 0 Å². The molecule has 3 aromatic rings. The summed E-state index contributed by atoms with van der Waals surface area (Å²) in [4.78, 5) is 33.5. The highest BCUT2D eigenvalue weighted by atomic mass is 32.2. The lowest BCUT2D eigenvalue weighted by atomic mass is 10.1. The summed E-state index contributed by atoms with van der Waals surface area (Å²) in [5, 5.41) is 4.19. The van der Waals surface area contributed by atoms with Gasteiger partial charge in [-0.3, -0.25) is 14.8 Å². The number of pyridine rings is 1. The molecule has 1 atom stereocenters. The Bertz CT molecular complexity index is 1100. The molecule has 34 heavy (non-hydrogen) atoms. The molecule has 1 fully saturated rings. The number of hydrogen-bond acceptors (Lipinski definition) is 10. The van der Waals surface area contributed by atoms with Gasteiger partial charge in [0.15, 0.2) is 5.01 Å². The van der Waals surface area contributed by atoms with Crippen molar-refractivity contribution in [3.05, 3.63) is 47.6 Å². The summed E-state index contributed by atoms with van der Waals surface area (Å²) < 4.78 is 8.83. The van der Waals surface area contributed by atoms with Gasteiger partial charge in [0.1, 0.15) is 5.69 Å². The van der Waals surface area contributed by atoms with Crippen molar-refractivity contribution in [2.24, 2.45) is 0 Å². The molecule has 4 rings (SSSR count). The van der Waals surface area contributed by atoms with Crippen molar-refractivity contribution in [1.82, 2.24) is 30.2 Å². The van der Waals surface area contributed by atoms with Crippen LogP contribution in [0.15, 0.2) is 36.9 Å². The minimum absolute atomic E-state index is 0.235. The molecular formula is C23H29N7O2S2. The molecular weight excluding hydrogens is 470 g/mol. The molecule has 1 saturated carbocycles. The molecule has 0 spiro atoms. The Labute approximate surface area is 207 Å². The van der Waals surface area contributed by atoms with Crippen LogP contribution in [-0.4, -0.2) is 63.2 Å². The van der Waals surface area contributed by atoms with Gasteiger partial charge >= 0.3 is 0 Å². The van der Waals surface area contributed by atoms with E-state index in [0.29, 0.717) is 28.4 Å². The molecule has 0 aromatic carbocycles. The third kappa shape index (κ3) is 6.87. The zero-order chi connectivity index (χ0) is 23.9. The van der Waals surface area contributed by atoms with Crippen LogP contribution in [0.1, 0.15) is 47.7 Å². The minimum Gasteiger partial charge on any atom is -0.477 e. The van der Waals surface area contributed by atoms with Crippen LogP contribution in [-0.2, 0) is 0 Å². The van der Waals surface area contributed by atoms with Gasteiger partial charge in [0.05, 0.1) is 35.6 Å². The molecule has 1 aliphatic rings. The maximum absolute atomic E-state index is 13.1. The largest absolute Gasteiger partial charge is 0.477 e. The van der Waals surface area contributed by atoms with E-state index in [4.69, 9.17) is 4.74 Å². The predicted molar refractivity (Wildman–Crippen MR) is 136 cm³/mol. The SMILES string of the molecule is CCOc1cncc(-c2cnc(C(=O)NC(CCN(C)C)c3cc(NSC4CC4)ccn3)s2)n1. The van der Waals surface area contributed by atoms with E-state index in [2.05, 4.69) is 34.9 Å². The molecule has 9 nitrogen and oxygen atoms in total. The van der Waals surface area contributed by atoms with Crippen molar-refractivity contribution in [3.63, 3.8) is 0 Å². The number of nitrogens with zero attached hydrogens (tertiary/aromatic N) is 5. The molecule has 180 valence electrons. The fraction of sp³-hybridized carbons (Fsp3) is 0.435. The number of amides is 1. The van der Waals surface area contributed by atoms with Gasteiger partial charge in [-0.05, 0) is 70.9 Å². The summed E-state index contributed by atoms with van der Waals surface area (Å²) in [7, 11) is 4.03. The van der Waals surface area contributed by atoms with Crippen molar-refractivity contribution < 1.29 is 9.53 Å². The highest BCUT2D eigenvalue weighted by molar-refractivity contribution is 8.01. The summed E-state index contributed by atoms with van der Waals surface area (Å²) in [6.07, 6.45) is 9.88. The van der Waals surface area contributed by atoms with Gasteiger partial charge in [0.25, 0.3) is 5.91 Å². The average molecular weight is 500 g/mol. The quantitative estimate of drug-likeness (QED) is 0.357. The summed E-state index contributed by atoms with van der Waals surface area (Å²) in [5.74, 6) is 0.212. The second-order valence-electron chi connectivity index (χ2n) is 8.21. The maximum atomic E-state index is 13.1. The number of carbonyl (C=O) groups is 1. The summed E-state index contributed by atoms with van der Waals surface area (Å²) in [5.41, 5.74) is 2.44. The van der Waals surface area contributed by atoms with E-state index in [9.17, 15) is 4.79 Å². The average Bonchev–Trinajstić information content (AvgIpc) is 3.54. The van der Waals surface area contributed by atoms with Crippen LogP contribution in [0, 0.1) is 0 Å². The molecule has 1 aliphatic carbocycles. The second-order valence-corrected chi connectivity index (χ2v) is 10.3. The predicted octanol–water partition coefficient (Wildman–Crippen LogP) is 4.04. The van der Waals surface area contributed by atoms with E-state index in [1.165, 1.54) is 24.2 Å². The van der Waals surface area contributed by atoms with Gasteiger partial charge in [-0.2, -0.15) is 0 Å². The monoisotopic (exact) mass is 499 g/mol. The van der Waals surface area contributed by atoms with Crippen molar-refractivity contribution in [3.8, 4) is 16.5 Å². The minimum atomic E-state index is -0.240. The van der Waals surface area contributed by atoms with Crippen molar-refractivity contribution in [2.75, 3.05) is 32.0 Å². The van der Waals surface area contributed by atoms with E-state index in [0.717, 1.165) is 29.2 Å². The number of anilines is 1. The molecule has 1 amide bonds. The van der Waals surface area contributed by atoms with Crippen molar-refractivity contribution in [1.29, 1.82) is 0 Å². The molecule has 11 heteroatoms. The topological polar surface area (TPSA) is 105 Å². The Morgan fingerprint density at radius 1 is 1.29 bits per heavy atom. The van der Waals surface area contributed by atoms with Gasteiger partial charge in [-0.1, -0.05) is 0 Å². The van der Waals surface area contributed by atoms with Crippen LogP contribution < -0.4 is 14.8 Å². The molecule has 2 N–H and O–H groups in total. The first-order valence-corrected chi connectivity index (χ1v) is 13.0. The summed E-state index contributed by atoms with van der Waals surface area (Å²) in [6.45, 7) is 3.21. The van der Waals surface area contributed by atoms with Gasteiger partial charge in [0, 0.05) is 23.3 Å². The van der Waals surface area contributed by atoms with Crippen LogP contribution >= 0.6 is 23.3 Å². The molecule has 0 saturated heterocycles. The normalized spacial score (nSPS) is 14.1. The smallest absolute Gasteiger partial charge is 0.280 e. The lowest BCUT2D eigenvalue weighted by Gasteiger charge is -2.20. The number of thiazole rings is 1. The molecule has 0 radical (unpaired) electrons. The molecule has 3 aromatic heterocycles. The van der Waals surface area contributed by atoms with E-state index in [1.807, 2.05) is 33.2 Å². The number of aromatic nitrogens is 4. The lowest BCUT2D eigenvalue weighted by molar-refractivity contribution is 0.0931. The number of ether oxygens (including phenoxy) is 1. The van der Waals surface area contributed by atoms with Crippen LogP contribution in [0.25, 0.3) is 10.6 Å². The Kier molecular flexibility index (Phi) is 8.30. The number of hydrogen-bond donors (Lipinski definition) is 2. The summed E-state index contributed by atoms with van der Waals surface area (Å²) >= 11 is 3.02. The maximum Gasteiger partial charge on any atom is 0.280 e. The van der Waals surface area contributed by atoms with E-state index in [1.54, 1.807) is 36.7 Å². The van der Waals surface area contributed by atoms with Crippen molar-refractivity contribution >= 4 is 34.9 Å². The van der Waals surface area contributed by atoms with Crippen molar-refractivity contribution in [2.45, 2.75) is 37.5 Å². The van der Waals surface area contributed by atoms with Gasteiger partial charge < -0.3 is 19.7 Å². The van der Waals surface area contributed by atoms with Crippen LogP contribution in [0.4, 0.5) is 5.69 Å². The lowest BCUT2D eigenvalue weighted by Crippen LogP contribution is -2.31. The first-order valence-electron chi connectivity index (χ1n) is 11.3. The van der Waals surface area contributed by atoms with Crippen LogP contribution in [0.5, 0.6) is 5.88 Å². The standard InChI is InChI=1S/C23H29N7O2S2/c1-4-32-21-14-24-12-19(27-21)20-13-26-23(33-20)22(31)28-17(8-10-30(2)3)18-11-15(7-9-25-18)29-34-16-5-6-16/h7,9,11-14,16-17H,4-6,8,10H2,1-3H3,(H,25,29)(H,28,31). The molecule has 1 unspecified atom stereocenters. The Morgan fingerprint density at radius 2 is 2.15 bits per heavy atom. The fourth-order valence-corrected chi connectivity index (χ4v) is 4.70. The molecule has 0 aliphatic heterocycles. The Hall–Kier alpha value is -2.76. The van der Waals surface area contributed by atoms with Gasteiger partial charge in [-0.15, -0.1) is 11.3 Å². The second kappa shape index (κ2) is 11.6. The first-order chi connectivity index (χ1) is 16.5. The van der Waals surface area contributed by atoms with E-state index in [-0.39, 0.29) is 11.9 Å². The number of rotatable bonds is 12. The zero-order valence-corrected chi connectivity index (χ0v) is 21.2. The molecule has 0 bridgehead atoms. The van der Waals surface area contributed by atoms with Gasteiger partial charge in [0.2, 0.25) is 5.88 Å². The highest BCUT2D eigenvalue weighted by Gasteiger charge is 2.23.